The van der Waals surface area contributed by atoms with Crippen LogP contribution in [0.4, 0.5) is 0 Å². The molecule has 1 aliphatic rings. The first kappa shape index (κ1) is 14.9. The lowest BCUT2D eigenvalue weighted by Gasteiger charge is -2.37. The molecule has 0 aliphatic heterocycles. The fraction of sp³-hybridized carbons (Fsp3) is 1.00. The van der Waals surface area contributed by atoms with E-state index in [1.807, 2.05) is 0 Å². The van der Waals surface area contributed by atoms with Crippen molar-refractivity contribution in [1.29, 1.82) is 0 Å². The summed E-state index contributed by atoms with van der Waals surface area (Å²) in [4.78, 5) is 0. The quantitative estimate of drug-likeness (QED) is 0.668. The van der Waals surface area contributed by atoms with E-state index in [1.165, 1.54) is 6.42 Å². The molecule has 1 rings (SSSR count). The van der Waals surface area contributed by atoms with Crippen LogP contribution in [0.5, 0.6) is 0 Å². The van der Waals surface area contributed by atoms with Crippen LogP contribution in [0.2, 0.25) is 0 Å². The van der Waals surface area contributed by atoms with Crippen molar-refractivity contribution < 1.29 is 10.2 Å². The molecule has 3 atom stereocenters. The molecule has 102 valence electrons. The molecular weight excluding hydrogens is 214 g/mol. The van der Waals surface area contributed by atoms with Crippen LogP contribution in [0.3, 0.4) is 0 Å². The third-order valence-electron chi connectivity index (χ3n) is 4.31. The number of rotatable bonds is 6. The zero-order chi connectivity index (χ0) is 12.9. The fourth-order valence-electron chi connectivity index (χ4n) is 2.68. The van der Waals surface area contributed by atoms with E-state index in [0.717, 1.165) is 32.2 Å². The van der Waals surface area contributed by atoms with Crippen molar-refractivity contribution >= 4 is 0 Å². The van der Waals surface area contributed by atoms with Crippen molar-refractivity contribution in [1.82, 2.24) is 5.32 Å². The Bertz CT molecular complexity index is 228. The summed E-state index contributed by atoms with van der Waals surface area (Å²) in [5.41, 5.74) is -0.585. The molecule has 0 saturated heterocycles. The van der Waals surface area contributed by atoms with Crippen LogP contribution in [-0.2, 0) is 0 Å². The Labute approximate surface area is 106 Å². The van der Waals surface area contributed by atoms with Crippen molar-refractivity contribution in [2.24, 2.45) is 11.3 Å². The molecule has 0 aromatic rings. The highest BCUT2D eigenvalue weighted by Gasteiger charge is 2.32. The number of aliphatic hydroxyl groups is 2. The molecule has 0 amide bonds. The first-order valence-corrected chi connectivity index (χ1v) is 6.97. The van der Waals surface area contributed by atoms with Gasteiger partial charge in [-0.3, -0.25) is 0 Å². The Morgan fingerprint density at radius 3 is 2.71 bits per heavy atom. The van der Waals surface area contributed by atoms with E-state index in [9.17, 15) is 10.2 Å². The average molecular weight is 243 g/mol. The summed E-state index contributed by atoms with van der Waals surface area (Å²) in [5.74, 6) is 0.631. The molecule has 1 fully saturated rings. The largest absolute Gasteiger partial charge is 0.396 e. The van der Waals surface area contributed by atoms with E-state index in [-0.39, 0.29) is 12.0 Å². The summed E-state index contributed by atoms with van der Waals surface area (Å²) in [6.45, 7) is 8.02. The molecule has 0 radical (unpaired) electrons. The van der Waals surface area contributed by atoms with Gasteiger partial charge in [-0.2, -0.15) is 0 Å². The van der Waals surface area contributed by atoms with Crippen molar-refractivity contribution in [3.05, 3.63) is 0 Å². The third kappa shape index (κ3) is 4.57. The first-order chi connectivity index (χ1) is 7.93. The molecule has 3 N–H and O–H groups in total. The van der Waals surface area contributed by atoms with Crippen molar-refractivity contribution in [3.63, 3.8) is 0 Å². The minimum absolute atomic E-state index is 0.0589. The predicted molar refractivity (Wildman–Crippen MR) is 70.9 cm³/mol. The molecular formula is C14H29NO2. The summed E-state index contributed by atoms with van der Waals surface area (Å²) in [7, 11) is 0. The summed E-state index contributed by atoms with van der Waals surface area (Å²) in [6.07, 6.45) is 5.13. The molecule has 0 heterocycles. The van der Waals surface area contributed by atoms with Gasteiger partial charge in [-0.05, 0) is 25.2 Å². The van der Waals surface area contributed by atoms with Crippen LogP contribution in [0.1, 0.15) is 52.9 Å². The van der Waals surface area contributed by atoms with Gasteiger partial charge in [0.05, 0.1) is 5.60 Å². The second-order valence-corrected chi connectivity index (χ2v) is 6.35. The van der Waals surface area contributed by atoms with Gasteiger partial charge >= 0.3 is 0 Å². The lowest BCUT2D eigenvalue weighted by Crippen LogP contribution is -2.47. The molecule has 0 aromatic carbocycles. The SMILES string of the molecule is CCC(C)(CO)CNCC1(O)CCCC(C)C1. The number of hydrogen-bond acceptors (Lipinski definition) is 3. The number of nitrogens with one attached hydrogen (secondary N) is 1. The average Bonchev–Trinajstić information content (AvgIpc) is 2.28. The molecule has 1 saturated carbocycles. The van der Waals surface area contributed by atoms with E-state index in [0.29, 0.717) is 12.5 Å². The van der Waals surface area contributed by atoms with Gasteiger partial charge < -0.3 is 15.5 Å². The molecule has 0 spiro atoms. The molecule has 1 aliphatic carbocycles. The van der Waals surface area contributed by atoms with Crippen molar-refractivity contribution in [2.75, 3.05) is 19.7 Å². The van der Waals surface area contributed by atoms with Gasteiger partial charge in [-0.15, -0.1) is 0 Å². The van der Waals surface area contributed by atoms with Crippen molar-refractivity contribution in [2.45, 2.75) is 58.5 Å². The minimum atomic E-state index is -0.526. The Morgan fingerprint density at radius 2 is 2.18 bits per heavy atom. The topological polar surface area (TPSA) is 52.5 Å². The molecule has 0 bridgehead atoms. The normalized spacial score (nSPS) is 33.4. The highest BCUT2D eigenvalue weighted by Crippen LogP contribution is 2.31. The third-order valence-corrected chi connectivity index (χ3v) is 4.31. The summed E-state index contributed by atoms with van der Waals surface area (Å²) in [6, 6.07) is 0. The van der Waals surface area contributed by atoms with Gasteiger partial charge in [0.25, 0.3) is 0 Å². The van der Waals surface area contributed by atoms with Crippen LogP contribution >= 0.6 is 0 Å². The first-order valence-electron chi connectivity index (χ1n) is 6.97. The van der Waals surface area contributed by atoms with Crippen LogP contribution in [-0.4, -0.2) is 35.5 Å². The van der Waals surface area contributed by atoms with Crippen LogP contribution < -0.4 is 5.32 Å². The maximum absolute atomic E-state index is 10.5. The maximum Gasteiger partial charge on any atom is 0.0774 e. The maximum atomic E-state index is 10.5. The smallest absolute Gasteiger partial charge is 0.0774 e. The zero-order valence-electron chi connectivity index (χ0n) is 11.6. The van der Waals surface area contributed by atoms with Gasteiger partial charge in [0.1, 0.15) is 0 Å². The van der Waals surface area contributed by atoms with Crippen LogP contribution in [0.25, 0.3) is 0 Å². The molecule has 3 unspecified atom stereocenters. The summed E-state index contributed by atoms with van der Waals surface area (Å²) < 4.78 is 0. The monoisotopic (exact) mass is 243 g/mol. The van der Waals surface area contributed by atoms with E-state index in [2.05, 4.69) is 26.1 Å². The number of aliphatic hydroxyl groups excluding tert-OH is 1. The van der Waals surface area contributed by atoms with E-state index in [1.54, 1.807) is 0 Å². The number of hydrogen-bond donors (Lipinski definition) is 3. The lowest BCUT2D eigenvalue weighted by molar-refractivity contribution is -0.0145. The Hall–Kier alpha value is -0.120. The van der Waals surface area contributed by atoms with Crippen LogP contribution in [0, 0.1) is 11.3 Å². The summed E-state index contributed by atoms with van der Waals surface area (Å²) >= 11 is 0. The van der Waals surface area contributed by atoms with E-state index < -0.39 is 5.60 Å². The van der Waals surface area contributed by atoms with Gasteiger partial charge in [-0.1, -0.05) is 33.6 Å². The van der Waals surface area contributed by atoms with Crippen molar-refractivity contribution in [3.8, 4) is 0 Å². The lowest BCUT2D eigenvalue weighted by atomic mass is 9.78. The highest BCUT2D eigenvalue weighted by molar-refractivity contribution is 4.88. The second kappa shape index (κ2) is 6.17. The van der Waals surface area contributed by atoms with Gasteiger partial charge in [0.15, 0.2) is 0 Å². The molecule has 0 aromatic heterocycles. The zero-order valence-corrected chi connectivity index (χ0v) is 11.6. The van der Waals surface area contributed by atoms with Gasteiger partial charge in [-0.25, -0.2) is 0 Å². The predicted octanol–water partition coefficient (Wildman–Crippen LogP) is 1.93. The highest BCUT2D eigenvalue weighted by atomic mass is 16.3. The Kier molecular flexibility index (Phi) is 5.42. The van der Waals surface area contributed by atoms with Crippen LogP contribution in [0.15, 0.2) is 0 Å². The Morgan fingerprint density at radius 1 is 1.47 bits per heavy atom. The van der Waals surface area contributed by atoms with E-state index in [4.69, 9.17) is 0 Å². The summed E-state index contributed by atoms with van der Waals surface area (Å²) in [5, 5.41) is 23.1. The fourth-order valence-corrected chi connectivity index (χ4v) is 2.68. The van der Waals surface area contributed by atoms with Gasteiger partial charge in [0, 0.05) is 25.1 Å². The molecule has 3 nitrogen and oxygen atoms in total. The standard InChI is InChI=1S/C14H29NO2/c1-4-13(3,11-16)9-15-10-14(17)7-5-6-12(2)8-14/h12,15-17H,4-11H2,1-3H3. The minimum Gasteiger partial charge on any atom is -0.396 e. The van der Waals surface area contributed by atoms with Gasteiger partial charge in [0.2, 0.25) is 0 Å². The van der Waals surface area contributed by atoms with E-state index >= 15 is 0 Å². The second-order valence-electron chi connectivity index (χ2n) is 6.35. The molecule has 17 heavy (non-hydrogen) atoms. The Balaban J connectivity index is 2.34. The molecule has 3 heteroatoms.